The minimum atomic E-state index is -0.263. The molecule has 0 spiro atoms. The van der Waals surface area contributed by atoms with Gasteiger partial charge in [0.1, 0.15) is 0 Å². The molecule has 1 aliphatic rings. The van der Waals surface area contributed by atoms with Gasteiger partial charge >= 0.3 is 0 Å². The fraction of sp³-hybridized carbons (Fsp3) is 0.350. The van der Waals surface area contributed by atoms with Crippen molar-refractivity contribution in [1.82, 2.24) is 4.90 Å². The molecule has 3 heteroatoms. The second-order valence-corrected chi connectivity index (χ2v) is 6.33. The predicted octanol–water partition coefficient (Wildman–Crippen LogP) is 3.69. The van der Waals surface area contributed by atoms with E-state index in [0.29, 0.717) is 0 Å². The zero-order valence-corrected chi connectivity index (χ0v) is 13.6. The first kappa shape index (κ1) is 15.8. The van der Waals surface area contributed by atoms with Crippen molar-refractivity contribution in [2.75, 3.05) is 6.54 Å². The third kappa shape index (κ3) is 3.30. The number of nitrogens with two attached hydrogens (primary N) is 1. The van der Waals surface area contributed by atoms with Gasteiger partial charge in [-0.2, -0.15) is 0 Å². The Bertz CT molecular complexity index is 641. The molecule has 3 unspecified atom stereocenters. The van der Waals surface area contributed by atoms with Gasteiger partial charge in [-0.05, 0) is 24.0 Å². The Hall–Kier alpha value is -2.13. The monoisotopic (exact) mass is 308 g/mol. The van der Waals surface area contributed by atoms with Crippen LogP contribution in [0.25, 0.3) is 0 Å². The summed E-state index contributed by atoms with van der Waals surface area (Å²) >= 11 is 0. The Morgan fingerprint density at radius 1 is 1.09 bits per heavy atom. The summed E-state index contributed by atoms with van der Waals surface area (Å²) in [7, 11) is 0. The second kappa shape index (κ2) is 6.97. The minimum absolute atomic E-state index is 0.160. The van der Waals surface area contributed by atoms with Crippen LogP contribution >= 0.6 is 0 Å². The van der Waals surface area contributed by atoms with Crippen LogP contribution in [0.4, 0.5) is 0 Å². The number of benzene rings is 2. The number of nitrogens with zero attached hydrogens (tertiary/aromatic N) is 1. The molecule has 0 saturated carbocycles. The number of carbonyl (C=O) groups excluding carboxylic acids is 1. The van der Waals surface area contributed by atoms with Crippen LogP contribution in [0.5, 0.6) is 0 Å². The molecule has 0 radical (unpaired) electrons. The quantitative estimate of drug-likeness (QED) is 0.936. The summed E-state index contributed by atoms with van der Waals surface area (Å²) < 4.78 is 0. The van der Waals surface area contributed by atoms with Crippen molar-refractivity contribution >= 4 is 5.91 Å². The minimum Gasteiger partial charge on any atom is -0.335 e. The Kier molecular flexibility index (Phi) is 4.77. The lowest BCUT2D eigenvalue weighted by molar-refractivity contribution is -0.136. The highest BCUT2D eigenvalue weighted by molar-refractivity contribution is 5.80. The van der Waals surface area contributed by atoms with E-state index in [0.717, 1.165) is 24.9 Å². The fourth-order valence-electron chi connectivity index (χ4n) is 3.43. The van der Waals surface area contributed by atoms with Crippen molar-refractivity contribution in [3.63, 3.8) is 0 Å². The third-order valence-electron chi connectivity index (χ3n) is 4.83. The molecule has 0 aromatic heterocycles. The number of rotatable bonds is 4. The van der Waals surface area contributed by atoms with Crippen molar-refractivity contribution in [1.29, 1.82) is 0 Å². The number of likely N-dealkylation sites (tertiary alicyclic amines) is 1. The Labute approximate surface area is 138 Å². The van der Waals surface area contributed by atoms with Gasteiger partial charge < -0.3 is 10.6 Å². The summed E-state index contributed by atoms with van der Waals surface area (Å²) in [5.41, 5.74) is 8.58. The Morgan fingerprint density at radius 3 is 2.35 bits per heavy atom. The van der Waals surface area contributed by atoms with E-state index in [1.807, 2.05) is 60.4 Å². The molecule has 2 aromatic rings. The van der Waals surface area contributed by atoms with E-state index in [2.05, 4.69) is 12.1 Å². The highest BCUT2D eigenvalue weighted by Gasteiger charge is 2.34. The summed E-state index contributed by atoms with van der Waals surface area (Å²) in [4.78, 5) is 15.0. The summed E-state index contributed by atoms with van der Waals surface area (Å²) in [6.45, 7) is 2.77. The van der Waals surface area contributed by atoms with Crippen molar-refractivity contribution in [2.24, 2.45) is 11.7 Å². The maximum atomic E-state index is 13.0. The van der Waals surface area contributed by atoms with Gasteiger partial charge in [0.15, 0.2) is 0 Å². The molecule has 2 N–H and O–H groups in total. The van der Waals surface area contributed by atoms with E-state index < -0.39 is 0 Å². The van der Waals surface area contributed by atoms with Gasteiger partial charge in [0, 0.05) is 12.6 Å². The van der Waals surface area contributed by atoms with Crippen molar-refractivity contribution in [3.05, 3.63) is 71.8 Å². The summed E-state index contributed by atoms with van der Waals surface area (Å²) in [5.74, 6) is -0.0607. The van der Waals surface area contributed by atoms with Crippen molar-refractivity contribution in [3.8, 4) is 0 Å². The number of hydrogen-bond donors (Lipinski definition) is 1. The molecular formula is C20H24N2O. The smallest absolute Gasteiger partial charge is 0.227 e. The van der Waals surface area contributed by atoms with Crippen LogP contribution in [-0.2, 0) is 4.79 Å². The summed E-state index contributed by atoms with van der Waals surface area (Å²) in [6.07, 6.45) is 2.08. The first-order valence-corrected chi connectivity index (χ1v) is 8.34. The standard InChI is InChI=1S/C20H24N2O/c1-15(19(21)17-11-6-3-7-12-17)20(23)22-14-8-13-18(22)16-9-4-2-5-10-16/h2-7,9-12,15,18-19H,8,13-14,21H2,1H3. The van der Waals surface area contributed by atoms with Gasteiger partial charge in [-0.1, -0.05) is 67.6 Å². The van der Waals surface area contributed by atoms with Crippen molar-refractivity contribution < 1.29 is 4.79 Å². The van der Waals surface area contributed by atoms with Gasteiger partial charge in [-0.3, -0.25) is 4.79 Å². The van der Waals surface area contributed by atoms with Gasteiger partial charge in [0.2, 0.25) is 5.91 Å². The molecule has 1 heterocycles. The zero-order valence-electron chi connectivity index (χ0n) is 13.6. The average Bonchev–Trinajstić information content (AvgIpc) is 3.11. The third-order valence-corrected chi connectivity index (χ3v) is 4.83. The van der Waals surface area contributed by atoms with E-state index in [1.54, 1.807) is 0 Å². The lowest BCUT2D eigenvalue weighted by atomic mass is 9.93. The van der Waals surface area contributed by atoms with Crippen LogP contribution in [0.2, 0.25) is 0 Å². The summed E-state index contributed by atoms with van der Waals surface area (Å²) in [6, 6.07) is 20.1. The van der Waals surface area contributed by atoms with Crippen LogP contribution in [0.15, 0.2) is 60.7 Å². The van der Waals surface area contributed by atoms with Crippen LogP contribution in [0.1, 0.15) is 43.0 Å². The first-order chi connectivity index (χ1) is 11.2. The molecular weight excluding hydrogens is 284 g/mol. The molecule has 1 aliphatic heterocycles. The van der Waals surface area contributed by atoms with Crippen LogP contribution in [0, 0.1) is 5.92 Å². The molecule has 3 rings (SSSR count). The highest BCUT2D eigenvalue weighted by Crippen LogP contribution is 2.34. The van der Waals surface area contributed by atoms with Crippen LogP contribution < -0.4 is 5.73 Å². The topological polar surface area (TPSA) is 46.3 Å². The molecule has 0 aliphatic carbocycles. The molecule has 3 nitrogen and oxygen atoms in total. The fourth-order valence-corrected chi connectivity index (χ4v) is 3.43. The van der Waals surface area contributed by atoms with Gasteiger partial charge in [0.05, 0.1) is 12.0 Å². The van der Waals surface area contributed by atoms with E-state index >= 15 is 0 Å². The highest BCUT2D eigenvalue weighted by atomic mass is 16.2. The molecule has 23 heavy (non-hydrogen) atoms. The van der Waals surface area contributed by atoms with Gasteiger partial charge in [-0.25, -0.2) is 0 Å². The first-order valence-electron chi connectivity index (χ1n) is 8.34. The number of carbonyl (C=O) groups is 1. The van der Waals surface area contributed by atoms with E-state index in [9.17, 15) is 4.79 Å². The molecule has 3 atom stereocenters. The molecule has 1 amide bonds. The van der Waals surface area contributed by atoms with Gasteiger partial charge in [-0.15, -0.1) is 0 Å². The van der Waals surface area contributed by atoms with E-state index in [1.165, 1.54) is 5.56 Å². The van der Waals surface area contributed by atoms with Gasteiger partial charge in [0.25, 0.3) is 0 Å². The normalized spacial score (nSPS) is 20.3. The van der Waals surface area contributed by atoms with Crippen LogP contribution in [0.3, 0.4) is 0 Å². The van der Waals surface area contributed by atoms with E-state index in [-0.39, 0.29) is 23.9 Å². The average molecular weight is 308 g/mol. The largest absolute Gasteiger partial charge is 0.335 e. The second-order valence-electron chi connectivity index (χ2n) is 6.33. The zero-order chi connectivity index (χ0) is 16.2. The predicted molar refractivity (Wildman–Crippen MR) is 92.7 cm³/mol. The lowest BCUT2D eigenvalue weighted by Crippen LogP contribution is -2.39. The molecule has 1 saturated heterocycles. The van der Waals surface area contributed by atoms with E-state index in [4.69, 9.17) is 5.73 Å². The van der Waals surface area contributed by atoms with Crippen LogP contribution in [-0.4, -0.2) is 17.4 Å². The maximum absolute atomic E-state index is 13.0. The molecule has 2 aromatic carbocycles. The maximum Gasteiger partial charge on any atom is 0.227 e. The lowest BCUT2D eigenvalue weighted by Gasteiger charge is -2.30. The molecule has 0 bridgehead atoms. The number of amides is 1. The molecule has 1 fully saturated rings. The SMILES string of the molecule is CC(C(=O)N1CCCC1c1ccccc1)C(N)c1ccccc1. The Morgan fingerprint density at radius 2 is 1.70 bits per heavy atom. The van der Waals surface area contributed by atoms with Crippen molar-refractivity contribution in [2.45, 2.75) is 31.8 Å². The Balaban J connectivity index is 1.76. The number of hydrogen-bond acceptors (Lipinski definition) is 2. The summed E-state index contributed by atoms with van der Waals surface area (Å²) in [5, 5.41) is 0. The molecule has 120 valence electrons.